The fourth-order valence-corrected chi connectivity index (χ4v) is 2.55. The minimum absolute atomic E-state index is 0.260. The zero-order valence-corrected chi connectivity index (χ0v) is 12.1. The first-order valence-corrected chi connectivity index (χ1v) is 7.31. The number of hydrogen-bond acceptors (Lipinski definition) is 3. The second-order valence-corrected chi connectivity index (χ2v) is 5.36. The average Bonchev–Trinajstić information content (AvgIpc) is 2.99. The third-order valence-electron chi connectivity index (χ3n) is 3.67. The van der Waals surface area contributed by atoms with Gasteiger partial charge in [-0.1, -0.05) is 24.3 Å². The summed E-state index contributed by atoms with van der Waals surface area (Å²) in [6.07, 6.45) is 1.68. The Hall–Kier alpha value is -2.17. The second-order valence-electron chi connectivity index (χ2n) is 5.36. The number of rotatable bonds is 6. The molecule has 0 saturated heterocycles. The molecule has 2 aromatic carbocycles. The largest absolute Gasteiger partial charge is 0.464 e. The Labute approximate surface area is 128 Å². The van der Waals surface area contributed by atoms with Crippen LogP contribution in [0, 0.1) is 5.82 Å². The number of aliphatic hydroxyl groups is 1. The minimum atomic E-state index is -0.506. The van der Waals surface area contributed by atoms with Gasteiger partial charge in [-0.05, 0) is 41.8 Å². The Balaban J connectivity index is 1.52. The third kappa shape index (κ3) is 3.53. The monoisotopic (exact) mass is 299 g/mol. The van der Waals surface area contributed by atoms with Gasteiger partial charge in [-0.2, -0.15) is 0 Å². The molecule has 0 spiro atoms. The van der Waals surface area contributed by atoms with Crippen LogP contribution in [0.25, 0.3) is 11.0 Å². The van der Waals surface area contributed by atoms with Gasteiger partial charge in [-0.3, -0.25) is 0 Å². The van der Waals surface area contributed by atoms with Gasteiger partial charge in [-0.15, -0.1) is 0 Å². The van der Waals surface area contributed by atoms with Crippen molar-refractivity contribution < 1.29 is 13.9 Å². The van der Waals surface area contributed by atoms with Crippen molar-refractivity contribution in [1.29, 1.82) is 0 Å². The summed E-state index contributed by atoms with van der Waals surface area (Å²) in [5.74, 6) is -0.260. The minimum Gasteiger partial charge on any atom is -0.464 e. The molecule has 1 heterocycles. The molecule has 3 nitrogen and oxygen atoms in total. The first-order chi connectivity index (χ1) is 10.7. The van der Waals surface area contributed by atoms with E-state index < -0.39 is 6.10 Å². The SMILES string of the molecule is OC(CNCc1cccc2occc12)Cc1ccc(F)cc1. The van der Waals surface area contributed by atoms with Gasteiger partial charge in [0.2, 0.25) is 0 Å². The fraction of sp³-hybridized carbons (Fsp3) is 0.222. The molecule has 0 aliphatic carbocycles. The molecule has 0 aliphatic rings. The number of aliphatic hydroxyl groups excluding tert-OH is 1. The lowest BCUT2D eigenvalue weighted by molar-refractivity contribution is 0.171. The highest BCUT2D eigenvalue weighted by Crippen LogP contribution is 2.19. The van der Waals surface area contributed by atoms with Crippen LogP contribution < -0.4 is 5.32 Å². The molecule has 4 heteroatoms. The fourth-order valence-electron chi connectivity index (χ4n) is 2.55. The predicted octanol–water partition coefficient (Wildman–Crippen LogP) is 3.27. The van der Waals surface area contributed by atoms with Crippen molar-refractivity contribution in [2.24, 2.45) is 0 Å². The maximum Gasteiger partial charge on any atom is 0.134 e. The Kier molecular flexibility index (Phi) is 4.51. The van der Waals surface area contributed by atoms with Gasteiger partial charge < -0.3 is 14.8 Å². The normalized spacial score (nSPS) is 12.6. The molecule has 22 heavy (non-hydrogen) atoms. The number of benzene rings is 2. The highest BCUT2D eigenvalue weighted by Gasteiger charge is 2.07. The van der Waals surface area contributed by atoms with Crippen LogP contribution in [0.15, 0.2) is 59.2 Å². The molecule has 1 atom stereocenters. The number of fused-ring (bicyclic) bond motifs is 1. The van der Waals surface area contributed by atoms with E-state index in [1.165, 1.54) is 12.1 Å². The molecule has 0 fully saturated rings. The molecule has 0 saturated carbocycles. The molecule has 114 valence electrons. The Bertz CT molecular complexity index is 736. The first kappa shape index (κ1) is 14.8. The van der Waals surface area contributed by atoms with Crippen LogP contribution in [0.3, 0.4) is 0 Å². The molecular weight excluding hydrogens is 281 g/mol. The summed E-state index contributed by atoms with van der Waals surface area (Å²) in [6, 6.07) is 14.1. The molecule has 3 rings (SSSR count). The topological polar surface area (TPSA) is 45.4 Å². The Morgan fingerprint density at radius 3 is 2.73 bits per heavy atom. The lowest BCUT2D eigenvalue weighted by Crippen LogP contribution is -2.28. The molecule has 1 aromatic heterocycles. The van der Waals surface area contributed by atoms with E-state index in [1.807, 2.05) is 24.3 Å². The van der Waals surface area contributed by atoms with Gasteiger partial charge in [0.25, 0.3) is 0 Å². The Morgan fingerprint density at radius 2 is 1.91 bits per heavy atom. The van der Waals surface area contributed by atoms with Gasteiger partial charge in [0.1, 0.15) is 11.4 Å². The summed E-state index contributed by atoms with van der Waals surface area (Å²) in [5, 5.41) is 14.4. The van der Waals surface area contributed by atoms with Crippen LogP contribution in [0.5, 0.6) is 0 Å². The van der Waals surface area contributed by atoms with Crippen molar-refractivity contribution in [1.82, 2.24) is 5.32 Å². The zero-order chi connectivity index (χ0) is 15.4. The maximum absolute atomic E-state index is 12.8. The van der Waals surface area contributed by atoms with Crippen molar-refractivity contribution in [3.05, 3.63) is 71.7 Å². The first-order valence-electron chi connectivity index (χ1n) is 7.31. The van der Waals surface area contributed by atoms with Crippen LogP contribution in [0.4, 0.5) is 4.39 Å². The van der Waals surface area contributed by atoms with E-state index in [0.29, 0.717) is 19.5 Å². The average molecular weight is 299 g/mol. The van der Waals surface area contributed by atoms with E-state index in [0.717, 1.165) is 22.1 Å². The lowest BCUT2D eigenvalue weighted by atomic mass is 10.1. The smallest absolute Gasteiger partial charge is 0.134 e. The second kappa shape index (κ2) is 6.73. The quantitative estimate of drug-likeness (QED) is 0.734. The highest BCUT2D eigenvalue weighted by atomic mass is 19.1. The van der Waals surface area contributed by atoms with Crippen LogP contribution in [0.2, 0.25) is 0 Å². The van der Waals surface area contributed by atoms with Crippen LogP contribution in [-0.4, -0.2) is 17.8 Å². The number of halogens is 1. The van der Waals surface area contributed by atoms with Crippen LogP contribution in [-0.2, 0) is 13.0 Å². The standard InChI is InChI=1S/C18H18FNO2/c19-15-6-4-13(5-7-15)10-16(21)12-20-11-14-2-1-3-18-17(14)8-9-22-18/h1-9,16,20-21H,10-12H2. The van der Waals surface area contributed by atoms with Crippen molar-refractivity contribution in [2.75, 3.05) is 6.54 Å². The summed E-state index contributed by atoms with van der Waals surface area (Å²) in [5.41, 5.74) is 2.93. The summed E-state index contributed by atoms with van der Waals surface area (Å²) < 4.78 is 18.2. The van der Waals surface area contributed by atoms with Crippen molar-refractivity contribution in [3.8, 4) is 0 Å². The molecule has 0 amide bonds. The molecular formula is C18H18FNO2. The van der Waals surface area contributed by atoms with E-state index in [1.54, 1.807) is 18.4 Å². The van der Waals surface area contributed by atoms with E-state index in [2.05, 4.69) is 5.32 Å². The van der Waals surface area contributed by atoms with Crippen LogP contribution >= 0.6 is 0 Å². The predicted molar refractivity (Wildman–Crippen MR) is 84.0 cm³/mol. The van der Waals surface area contributed by atoms with Gasteiger partial charge >= 0.3 is 0 Å². The van der Waals surface area contributed by atoms with Crippen molar-refractivity contribution >= 4 is 11.0 Å². The van der Waals surface area contributed by atoms with E-state index in [9.17, 15) is 9.50 Å². The third-order valence-corrected chi connectivity index (χ3v) is 3.67. The van der Waals surface area contributed by atoms with Gasteiger partial charge in [0, 0.05) is 18.5 Å². The van der Waals surface area contributed by atoms with Gasteiger partial charge in [0.05, 0.1) is 12.4 Å². The molecule has 2 N–H and O–H groups in total. The number of hydrogen-bond donors (Lipinski definition) is 2. The molecule has 0 radical (unpaired) electrons. The summed E-state index contributed by atoms with van der Waals surface area (Å²) in [7, 11) is 0. The summed E-state index contributed by atoms with van der Waals surface area (Å²) >= 11 is 0. The summed E-state index contributed by atoms with van der Waals surface area (Å²) in [4.78, 5) is 0. The number of nitrogens with one attached hydrogen (secondary N) is 1. The summed E-state index contributed by atoms with van der Waals surface area (Å²) in [6.45, 7) is 1.14. The van der Waals surface area contributed by atoms with Crippen molar-refractivity contribution in [2.45, 2.75) is 19.1 Å². The van der Waals surface area contributed by atoms with E-state index in [4.69, 9.17) is 4.42 Å². The van der Waals surface area contributed by atoms with Crippen LogP contribution in [0.1, 0.15) is 11.1 Å². The maximum atomic E-state index is 12.8. The van der Waals surface area contributed by atoms with Crippen molar-refractivity contribution in [3.63, 3.8) is 0 Å². The van der Waals surface area contributed by atoms with E-state index >= 15 is 0 Å². The highest BCUT2D eigenvalue weighted by molar-refractivity contribution is 5.80. The molecule has 0 bridgehead atoms. The molecule has 1 unspecified atom stereocenters. The number of furan rings is 1. The van der Waals surface area contributed by atoms with Gasteiger partial charge in [0.15, 0.2) is 0 Å². The Morgan fingerprint density at radius 1 is 1.09 bits per heavy atom. The lowest BCUT2D eigenvalue weighted by Gasteiger charge is -2.12. The van der Waals surface area contributed by atoms with E-state index in [-0.39, 0.29) is 5.82 Å². The van der Waals surface area contributed by atoms with Gasteiger partial charge in [-0.25, -0.2) is 4.39 Å². The molecule has 3 aromatic rings. The zero-order valence-electron chi connectivity index (χ0n) is 12.1. The molecule has 0 aliphatic heterocycles.